The van der Waals surface area contributed by atoms with Crippen molar-refractivity contribution in [2.75, 3.05) is 13.2 Å². The monoisotopic (exact) mass is 262 g/mol. The van der Waals surface area contributed by atoms with E-state index in [1.54, 1.807) is 30.3 Å². The lowest BCUT2D eigenvalue weighted by Gasteiger charge is -2.16. The molecule has 2 atom stereocenters. The Morgan fingerprint density at radius 3 is 2.68 bits per heavy atom. The van der Waals surface area contributed by atoms with E-state index < -0.39 is 18.0 Å². The quantitative estimate of drug-likeness (QED) is 0.440. The van der Waals surface area contributed by atoms with Crippen LogP contribution < -0.4 is 0 Å². The molecule has 2 unspecified atom stereocenters. The molecule has 0 aliphatic carbocycles. The van der Waals surface area contributed by atoms with Gasteiger partial charge in [-0.1, -0.05) is 36.9 Å². The lowest BCUT2D eigenvalue weighted by molar-refractivity contribution is -0.166. The summed E-state index contributed by atoms with van der Waals surface area (Å²) >= 11 is 0. The molecule has 1 saturated heterocycles. The molecule has 0 bridgehead atoms. The lowest BCUT2D eigenvalue weighted by atomic mass is 10.1. The molecule has 1 fully saturated rings. The second kappa shape index (κ2) is 6.15. The standard InChI is InChI=1S/C14H14O5/c1-2-12(15)19-13(10-6-4-3-5-7-10)14(16)18-9-11-8-17-11/h2-7,11,13H,1,8-9H2. The van der Waals surface area contributed by atoms with Crippen LogP contribution in [-0.4, -0.2) is 31.3 Å². The van der Waals surface area contributed by atoms with Gasteiger partial charge in [0.15, 0.2) is 0 Å². The zero-order valence-corrected chi connectivity index (χ0v) is 10.3. The van der Waals surface area contributed by atoms with E-state index in [1.807, 2.05) is 0 Å². The highest BCUT2D eigenvalue weighted by molar-refractivity contribution is 5.85. The molecular formula is C14H14O5. The first-order chi connectivity index (χ1) is 9.20. The average Bonchev–Trinajstić information content (AvgIpc) is 3.27. The van der Waals surface area contributed by atoms with Gasteiger partial charge in [-0.05, 0) is 0 Å². The number of esters is 2. The van der Waals surface area contributed by atoms with Gasteiger partial charge in [-0.2, -0.15) is 0 Å². The molecule has 0 radical (unpaired) electrons. The highest BCUT2D eigenvalue weighted by Gasteiger charge is 2.29. The Morgan fingerprint density at radius 1 is 1.42 bits per heavy atom. The first kappa shape index (κ1) is 13.3. The van der Waals surface area contributed by atoms with Crippen molar-refractivity contribution in [1.29, 1.82) is 0 Å². The van der Waals surface area contributed by atoms with Crippen LogP contribution in [0.1, 0.15) is 11.7 Å². The molecule has 1 aromatic rings. The minimum absolute atomic E-state index is 0.0320. The van der Waals surface area contributed by atoms with E-state index in [1.165, 1.54) is 0 Å². The number of carbonyl (C=O) groups is 2. The lowest BCUT2D eigenvalue weighted by Crippen LogP contribution is -2.22. The molecule has 0 amide bonds. The zero-order chi connectivity index (χ0) is 13.7. The van der Waals surface area contributed by atoms with Gasteiger partial charge in [0.2, 0.25) is 6.10 Å². The second-order valence-electron chi connectivity index (χ2n) is 4.02. The van der Waals surface area contributed by atoms with Crippen molar-refractivity contribution in [3.63, 3.8) is 0 Å². The summed E-state index contributed by atoms with van der Waals surface area (Å²) in [7, 11) is 0. The zero-order valence-electron chi connectivity index (χ0n) is 10.3. The SMILES string of the molecule is C=CC(=O)OC(C(=O)OCC1CO1)c1ccccc1. The third-order valence-corrected chi connectivity index (χ3v) is 2.53. The number of hydrogen-bond donors (Lipinski definition) is 0. The normalized spacial score (nSPS) is 18.2. The average molecular weight is 262 g/mol. The molecule has 1 aliphatic rings. The Labute approximate surface area is 110 Å². The van der Waals surface area contributed by atoms with Crippen LogP contribution in [0.15, 0.2) is 43.0 Å². The van der Waals surface area contributed by atoms with Crippen LogP contribution in [0.25, 0.3) is 0 Å². The molecule has 0 N–H and O–H groups in total. The topological polar surface area (TPSA) is 65.1 Å². The van der Waals surface area contributed by atoms with Crippen LogP contribution in [0.4, 0.5) is 0 Å². The first-order valence-electron chi connectivity index (χ1n) is 5.87. The molecule has 0 aromatic heterocycles. The molecule has 100 valence electrons. The van der Waals surface area contributed by atoms with Gasteiger partial charge >= 0.3 is 11.9 Å². The number of hydrogen-bond acceptors (Lipinski definition) is 5. The Balaban J connectivity index is 2.05. The summed E-state index contributed by atoms with van der Waals surface area (Å²) in [5, 5.41) is 0. The first-order valence-corrected chi connectivity index (χ1v) is 5.87. The molecule has 5 heteroatoms. The molecule has 1 aromatic carbocycles. The number of carbonyl (C=O) groups excluding carboxylic acids is 2. The summed E-state index contributed by atoms with van der Waals surface area (Å²) in [6.45, 7) is 4.07. The van der Waals surface area contributed by atoms with Gasteiger partial charge in [0.05, 0.1) is 6.61 Å². The summed E-state index contributed by atoms with van der Waals surface area (Å²) in [6, 6.07) is 8.69. The van der Waals surface area contributed by atoms with E-state index in [0.29, 0.717) is 12.2 Å². The molecular weight excluding hydrogens is 248 g/mol. The van der Waals surface area contributed by atoms with Crippen LogP contribution >= 0.6 is 0 Å². The van der Waals surface area contributed by atoms with E-state index in [4.69, 9.17) is 14.2 Å². The number of benzene rings is 1. The summed E-state index contributed by atoms with van der Waals surface area (Å²) < 4.78 is 15.0. The van der Waals surface area contributed by atoms with Gasteiger partial charge in [-0.3, -0.25) is 0 Å². The van der Waals surface area contributed by atoms with Gasteiger partial charge < -0.3 is 14.2 Å². The number of ether oxygens (including phenoxy) is 3. The molecule has 0 saturated carbocycles. The van der Waals surface area contributed by atoms with Crippen molar-refractivity contribution in [1.82, 2.24) is 0 Å². The predicted molar refractivity (Wildman–Crippen MR) is 66.2 cm³/mol. The molecule has 19 heavy (non-hydrogen) atoms. The van der Waals surface area contributed by atoms with Crippen molar-refractivity contribution < 1.29 is 23.8 Å². The predicted octanol–water partition coefficient (Wildman–Crippen LogP) is 1.40. The van der Waals surface area contributed by atoms with Crippen LogP contribution in [0.3, 0.4) is 0 Å². The van der Waals surface area contributed by atoms with Crippen LogP contribution in [0, 0.1) is 0 Å². The molecule has 5 nitrogen and oxygen atoms in total. The van der Waals surface area contributed by atoms with Crippen molar-refractivity contribution in [2.45, 2.75) is 12.2 Å². The van der Waals surface area contributed by atoms with E-state index in [0.717, 1.165) is 6.08 Å². The summed E-state index contributed by atoms with van der Waals surface area (Å²) in [5.41, 5.74) is 0.555. The van der Waals surface area contributed by atoms with Gasteiger partial charge in [0.25, 0.3) is 0 Å². The molecule has 2 rings (SSSR count). The van der Waals surface area contributed by atoms with Crippen molar-refractivity contribution in [2.24, 2.45) is 0 Å². The summed E-state index contributed by atoms with van der Waals surface area (Å²) in [5.74, 6) is -1.29. The van der Waals surface area contributed by atoms with E-state index >= 15 is 0 Å². The maximum Gasteiger partial charge on any atom is 0.352 e. The minimum Gasteiger partial charge on any atom is -0.460 e. The van der Waals surface area contributed by atoms with Gasteiger partial charge in [0, 0.05) is 11.6 Å². The molecule has 1 aliphatic heterocycles. The number of rotatable bonds is 6. The van der Waals surface area contributed by atoms with Crippen LogP contribution in [0.2, 0.25) is 0 Å². The highest BCUT2D eigenvalue weighted by Crippen LogP contribution is 2.20. The van der Waals surface area contributed by atoms with E-state index in [9.17, 15) is 9.59 Å². The fourth-order valence-corrected chi connectivity index (χ4v) is 1.46. The van der Waals surface area contributed by atoms with E-state index in [2.05, 4.69) is 6.58 Å². The summed E-state index contributed by atoms with van der Waals surface area (Å²) in [6.07, 6.45) is -0.103. The second-order valence-corrected chi connectivity index (χ2v) is 4.02. The Hall–Kier alpha value is -2.14. The van der Waals surface area contributed by atoms with Gasteiger partial charge in [-0.25, -0.2) is 9.59 Å². The maximum atomic E-state index is 11.9. The minimum atomic E-state index is -1.08. The van der Waals surface area contributed by atoms with Crippen molar-refractivity contribution in [3.8, 4) is 0 Å². The van der Waals surface area contributed by atoms with Crippen molar-refractivity contribution in [3.05, 3.63) is 48.6 Å². The Bertz CT molecular complexity index is 464. The fourth-order valence-electron chi connectivity index (χ4n) is 1.46. The smallest absolute Gasteiger partial charge is 0.352 e. The Morgan fingerprint density at radius 2 is 2.11 bits per heavy atom. The van der Waals surface area contributed by atoms with E-state index in [-0.39, 0.29) is 12.7 Å². The van der Waals surface area contributed by atoms with Gasteiger partial charge in [0.1, 0.15) is 12.7 Å². The van der Waals surface area contributed by atoms with Gasteiger partial charge in [-0.15, -0.1) is 0 Å². The molecule has 0 spiro atoms. The fraction of sp³-hybridized carbons (Fsp3) is 0.286. The third-order valence-electron chi connectivity index (χ3n) is 2.53. The Kier molecular flexibility index (Phi) is 4.30. The molecule has 1 heterocycles. The maximum absolute atomic E-state index is 11.9. The third kappa shape index (κ3) is 3.93. The summed E-state index contributed by atoms with van der Waals surface area (Å²) in [4.78, 5) is 23.2. The highest BCUT2D eigenvalue weighted by atomic mass is 16.6. The largest absolute Gasteiger partial charge is 0.460 e. The number of epoxide rings is 1. The van der Waals surface area contributed by atoms with Crippen LogP contribution in [-0.2, 0) is 23.8 Å². The van der Waals surface area contributed by atoms with Crippen LogP contribution in [0.5, 0.6) is 0 Å². The van der Waals surface area contributed by atoms with Crippen molar-refractivity contribution >= 4 is 11.9 Å².